The van der Waals surface area contributed by atoms with Crippen molar-refractivity contribution in [3.63, 3.8) is 0 Å². The van der Waals surface area contributed by atoms with Gasteiger partial charge < -0.3 is 13.9 Å². The van der Waals surface area contributed by atoms with Crippen molar-refractivity contribution in [1.82, 2.24) is 27.4 Å². The second kappa shape index (κ2) is 22.4. The molecule has 0 radical (unpaired) electrons. The van der Waals surface area contributed by atoms with E-state index in [2.05, 4.69) is 0 Å². The van der Waals surface area contributed by atoms with E-state index < -0.39 is 132 Å². The van der Waals surface area contributed by atoms with Gasteiger partial charge in [-0.2, -0.15) is 0 Å². The molecule has 0 fully saturated rings. The molecule has 14 aromatic carbocycles. The molecular weight excluding hydrogens is 1160 g/mol. The first-order chi connectivity index (χ1) is 55.3. The zero-order valence-corrected chi connectivity index (χ0v) is 49.7. The van der Waals surface area contributed by atoms with Crippen molar-refractivity contribution in [2.75, 3.05) is 0 Å². The van der Waals surface area contributed by atoms with Crippen LogP contribution in [0.5, 0.6) is 11.5 Å². The third-order valence-electron chi connectivity index (χ3n) is 17.3. The van der Waals surface area contributed by atoms with Crippen LogP contribution in [-0.4, -0.2) is 27.4 Å². The molecule has 0 aliphatic heterocycles. The van der Waals surface area contributed by atoms with Gasteiger partial charge in [-0.1, -0.05) is 254 Å². The number of hydrogen-bond donors (Lipinski definition) is 0. The highest BCUT2D eigenvalue weighted by Gasteiger charge is 2.29. The van der Waals surface area contributed by atoms with Crippen LogP contribution in [-0.2, 0) is 0 Å². The number of fused-ring (bicyclic) bond motifs is 8. The minimum absolute atomic E-state index is 0.122. The lowest BCUT2D eigenvalue weighted by Gasteiger charge is -2.17. The molecule has 9 nitrogen and oxygen atoms in total. The molecule has 0 bridgehead atoms. The molecule has 448 valence electrons. The van der Waals surface area contributed by atoms with Crippen LogP contribution >= 0.6 is 0 Å². The highest BCUT2D eigenvalue weighted by Crippen LogP contribution is 2.47. The Morgan fingerprint density at radius 1 is 0.253 bits per heavy atom. The van der Waals surface area contributed by atoms with Crippen LogP contribution in [0.15, 0.2) is 349 Å². The summed E-state index contributed by atoms with van der Waals surface area (Å²) in [5.41, 5.74) is 0.932. The van der Waals surface area contributed by atoms with E-state index in [0.717, 1.165) is 0 Å². The van der Waals surface area contributed by atoms with Gasteiger partial charge in [0.05, 0.1) is 105 Å². The maximum Gasteiger partial charge on any atom is 0.338 e. The van der Waals surface area contributed by atoms with Gasteiger partial charge in [-0.25, -0.2) is 9.59 Å². The van der Waals surface area contributed by atoms with Gasteiger partial charge in [0.2, 0.25) is 0 Å². The molecule has 0 unspecified atom stereocenters. The first kappa shape index (κ1) is 38.0. The standard InChI is InChI=1S/C86H56N6O3/c93-85-89(73-49-23-25-51-75(73)91(85)83-65(57-29-7-1-8-30-57)43-27-44-66(83)58-31-9-2-10-32-58)63-53-77-81(69-41-19-21-47-71(69)87(77)61-37-15-5-16-38-61)79(55-63)95-80-56-64(54-78-82(80)70-42-20-22-48-72(70)88(78)62-39-17-6-18-40-62)90-74-50-24-26-52-76(74)92(86(90)94)84-67(59-33-11-3-12-34-59)45-28-46-68(84)60-35-13-4-14-36-60/h1-56H/i1D,2D,3D,4D,7D,8D,9D,10D,11D,12D,13D,14D,29D,30D,31D,32D,33D,34D,35D,36D. The molecule has 4 heterocycles. The van der Waals surface area contributed by atoms with Crippen LogP contribution in [0, 0.1) is 0 Å². The number of para-hydroxylation sites is 10. The van der Waals surface area contributed by atoms with Crippen molar-refractivity contribution >= 4 is 65.7 Å². The molecule has 0 amide bonds. The van der Waals surface area contributed by atoms with Gasteiger partial charge in [0.15, 0.2) is 0 Å². The Bertz CT molecular complexity index is 6730. The number of rotatable bonds is 12. The predicted molar refractivity (Wildman–Crippen MR) is 388 cm³/mol. The normalized spacial score (nSPS) is 14.6. The summed E-state index contributed by atoms with van der Waals surface area (Å²) in [6, 6.07) is 49.6. The molecule has 0 saturated carbocycles. The number of aromatic nitrogens is 6. The predicted octanol–water partition coefficient (Wildman–Crippen LogP) is 20.5. The van der Waals surface area contributed by atoms with Crippen LogP contribution in [0.3, 0.4) is 0 Å². The topological polar surface area (TPSA) is 72.9 Å². The lowest BCUT2D eigenvalue weighted by molar-refractivity contribution is 0.494. The zero-order chi connectivity index (χ0) is 80.5. The number of ether oxygens (including phenoxy) is 1. The molecule has 0 aliphatic carbocycles. The van der Waals surface area contributed by atoms with E-state index in [-0.39, 0.29) is 101 Å². The van der Waals surface area contributed by atoms with Crippen LogP contribution in [0.1, 0.15) is 27.4 Å². The molecule has 95 heavy (non-hydrogen) atoms. The summed E-state index contributed by atoms with van der Waals surface area (Å²) < 4.78 is 198. The SMILES string of the molecule is [2H]c1c([2H])c([2H])c(-c2cccc(-c3c([2H])c([2H])c([2H])c([2H])c3[2H])c2-n2c(=O)n(-c3cc(Oc4cc(-n5c(=O)n(-c6c(-c7c([2H])c([2H])c([2H])c([2H])c7[2H])cccc6-c6c([2H])c([2H])c([2H])c([2H])c6[2H])c6ccccc65)cc5c4c4ccccc4n5-c4ccccc4)c4c5ccccc5n(-c5ccccc5)c4c3)c3ccccc32)c([2H])c1[2H]. The van der Waals surface area contributed by atoms with Crippen molar-refractivity contribution in [3.05, 3.63) is 360 Å². The van der Waals surface area contributed by atoms with E-state index in [9.17, 15) is 11.0 Å². The van der Waals surface area contributed by atoms with Crippen molar-refractivity contribution in [1.29, 1.82) is 0 Å². The smallest absolute Gasteiger partial charge is 0.338 e. The lowest BCUT2D eigenvalue weighted by atomic mass is 9.95. The summed E-state index contributed by atoms with van der Waals surface area (Å²) in [6.07, 6.45) is 0. The number of imidazole rings is 2. The van der Waals surface area contributed by atoms with E-state index in [1.165, 1.54) is 54.7 Å². The molecular formula is C86H56N6O3. The van der Waals surface area contributed by atoms with E-state index in [1.807, 2.05) is 130 Å². The van der Waals surface area contributed by atoms with Gasteiger partial charge in [0.1, 0.15) is 11.5 Å². The van der Waals surface area contributed by atoms with E-state index in [4.69, 9.17) is 21.2 Å². The second-order valence-electron chi connectivity index (χ2n) is 22.4. The Balaban J connectivity index is 0.960. The maximum atomic E-state index is 16.9. The average molecular weight is 1240 g/mol. The molecule has 9 heteroatoms. The fourth-order valence-corrected chi connectivity index (χ4v) is 13.5. The summed E-state index contributed by atoms with van der Waals surface area (Å²) in [4.78, 5) is 33.8. The van der Waals surface area contributed by atoms with Crippen LogP contribution in [0.4, 0.5) is 0 Å². The quantitative estimate of drug-likeness (QED) is 0.122. The van der Waals surface area contributed by atoms with Crippen molar-refractivity contribution in [2.24, 2.45) is 0 Å². The molecule has 0 atom stereocenters. The van der Waals surface area contributed by atoms with Gasteiger partial charge in [0, 0.05) is 56.5 Å². The largest absolute Gasteiger partial charge is 0.456 e. The molecule has 4 aromatic heterocycles. The highest BCUT2D eigenvalue weighted by molar-refractivity contribution is 6.15. The van der Waals surface area contributed by atoms with Crippen molar-refractivity contribution in [3.8, 4) is 90.1 Å². The third kappa shape index (κ3) is 8.86. The van der Waals surface area contributed by atoms with Gasteiger partial charge >= 0.3 is 11.4 Å². The lowest BCUT2D eigenvalue weighted by Crippen LogP contribution is -2.23. The Labute approximate surface area is 573 Å². The fraction of sp³-hybridized carbons (Fsp3) is 0. The molecule has 0 N–H and O–H groups in total. The maximum absolute atomic E-state index is 16.9. The molecule has 18 rings (SSSR count). The summed E-state index contributed by atoms with van der Waals surface area (Å²) in [5, 5.41) is 2.41. The molecule has 0 aliphatic rings. The van der Waals surface area contributed by atoms with Gasteiger partial charge in [-0.3, -0.25) is 18.3 Å². The van der Waals surface area contributed by atoms with Crippen LogP contribution < -0.4 is 16.1 Å². The first-order valence-corrected chi connectivity index (χ1v) is 30.3. The Morgan fingerprint density at radius 3 is 0.884 bits per heavy atom. The van der Waals surface area contributed by atoms with Crippen molar-refractivity contribution < 1.29 is 32.2 Å². The molecule has 0 saturated heterocycles. The Hall–Kier alpha value is -13.0. The number of benzene rings is 14. The van der Waals surface area contributed by atoms with Gasteiger partial charge in [-0.05, 0) is 95.1 Å². The third-order valence-corrected chi connectivity index (χ3v) is 17.3. The Morgan fingerprint density at radius 2 is 0.547 bits per heavy atom. The van der Waals surface area contributed by atoms with Crippen LogP contribution in [0.25, 0.3) is 144 Å². The monoisotopic (exact) mass is 1240 g/mol. The molecule has 0 spiro atoms. The summed E-state index contributed by atoms with van der Waals surface area (Å²) in [5.74, 6) is 0.282. The van der Waals surface area contributed by atoms with Gasteiger partial charge in [-0.15, -0.1) is 0 Å². The summed E-state index contributed by atoms with van der Waals surface area (Å²) >= 11 is 0. The summed E-state index contributed by atoms with van der Waals surface area (Å²) in [6.45, 7) is 0. The molecule has 18 aromatic rings. The minimum Gasteiger partial charge on any atom is -0.456 e. The minimum atomic E-state index is -0.837. The van der Waals surface area contributed by atoms with Crippen LogP contribution in [0.2, 0.25) is 0 Å². The second-order valence-corrected chi connectivity index (χ2v) is 22.4. The number of hydrogen-bond acceptors (Lipinski definition) is 3. The average Bonchev–Trinajstić information content (AvgIpc) is 1.64. The van der Waals surface area contributed by atoms with Gasteiger partial charge in [0.25, 0.3) is 0 Å². The highest BCUT2D eigenvalue weighted by atomic mass is 16.5. The van der Waals surface area contributed by atoms with E-state index >= 15 is 9.59 Å². The van der Waals surface area contributed by atoms with E-state index in [0.29, 0.717) is 55.0 Å². The number of nitrogens with zero attached hydrogens (tertiary/aromatic N) is 6. The fourth-order valence-electron chi connectivity index (χ4n) is 13.5. The summed E-state index contributed by atoms with van der Waals surface area (Å²) in [7, 11) is 0. The Kier molecular flexibility index (Phi) is 8.98. The zero-order valence-electron chi connectivity index (χ0n) is 69.7. The first-order valence-electron chi connectivity index (χ1n) is 40.3. The van der Waals surface area contributed by atoms with Crippen molar-refractivity contribution in [2.45, 2.75) is 0 Å². The van der Waals surface area contributed by atoms with E-state index in [1.54, 1.807) is 60.7 Å².